The number of benzene rings is 1. The molecule has 4 rings (SSSR count). The molecule has 132 valence electrons. The van der Waals surface area contributed by atoms with Crippen LogP contribution in [0.2, 0.25) is 5.02 Å². The van der Waals surface area contributed by atoms with E-state index in [9.17, 15) is 4.79 Å². The molecule has 0 unspecified atom stereocenters. The highest BCUT2D eigenvalue weighted by Gasteiger charge is 2.35. The van der Waals surface area contributed by atoms with Crippen molar-refractivity contribution in [3.05, 3.63) is 34.9 Å². The van der Waals surface area contributed by atoms with E-state index in [4.69, 9.17) is 16.7 Å². The SMILES string of the molecule is O=C(N[C@H]1CN2CCC1CC2)N(CCCO)Cc1ccccc1Cl. The van der Waals surface area contributed by atoms with Crippen molar-refractivity contribution in [3.8, 4) is 0 Å². The number of aliphatic hydroxyl groups excluding tert-OH is 1. The smallest absolute Gasteiger partial charge is 0.317 e. The Hall–Kier alpha value is -1.30. The number of nitrogens with one attached hydrogen (secondary N) is 1. The predicted octanol–water partition coefficient (Wildman–Crippen LogP) is 2.33. The van der Waals surface area contributed by atoms with Gasteiger partial charge in [0.15, 0.2) is 0 Å². The third-order valence-corrected chi connectivity index (χ3v) is 5.53. The first-order valence-corrected chi connectivity index (χ1v) is 9.17. The Morgan fingerprint density at radius 3 is 2.71 bits per heavy atom. The average Bonchev–Trinajstić information content (AvgIpc) is 2.61. The average molecular weight is 352 g/mol. The summed E-state index contributed by atoms with van der Waals surface area (Å²) < 4.78 is 0. The molecule has 0 saturated carbocycles. The quantitative estimate of drug-likeness (QED) is 0.827. The highest BCUT2D eigenvalue weighted by molar-refractivity contribution is 6.31. The van der Waals surface area contributed by atoms with Crippen molar-refractivity contribution in [1.82, 2.24) is 15.1 Å². The van der Waals surface area contributed by atoms with Gasteiger partial charge in [-0.25, -0.2) is 4.79 Å². The fourth-order valence-corrected chi connectivity index (χ4v) is 3.92. The molecule has 3 saturated heterocycles. The second kappa shape index (κ2) is 8.19. The Morgan fingerprint density at radius 1 is 1.33 bits per heavy atom. The lowest BCUT2D eigenvalue weighted by Gasteiger charge is -2.45. The van der Waals surface area contributed by atoms with E-state index in [0.29, 0.717) is 30.5 Å². The molecule has 2 N–H and O–H groups in total. The van der Waals surface area contributed by atoms with E-state index in [-0.39, 0.29) is 18.7 Å². The summed E-state index contributed by atoms with van der Waals surface area (Å²) in [5.41, 5.74) is 0.932. The van der Waals surface area contributed by atoms with Gasteiger partial charge < -0.3 is 20.2 Å². The number of rotatable bonds is 6. The Bertz CT molecular complexity index is 561. The van der Waals surface area contributed by atoms with Gasteiger partial charge in [-0.1, -0.05) is 29.8 Å². The number of urea groups is 1. The molecule has 0 aromatic heterocycles. The van der Waals surface area contributed by atoms with Gasteiger partial charge >= 0.3 is 6.03 Å². The zero-order valence-corrected chi connectivity index (χ0v) is 14.7. The first kappa shape index (κ1) is 17.5. The number of carbonyl (C=O) groups is 1. The van der Waals surface area contributed by atoms with Crippen LogP contribution in [0.3, 0.4) is 0 Å². The van der Waals surface area contributed by atoms with Crippen molar-refractivity contribution < 1.29 is 9.90 Å². The highest BCUT2D eigenvalue weighted by atomic mass is 35.5. The van der Waals surface area contributed by atoms with Gasteiger partial charge in [0, 0.05) is 37.3 Å². The minimum absolute atomic E-state index is 0.0536. The molecule has 3 aliphatic rings. The zero-order valence-electron chi connectivity index (χ0n) is 14.0. The van der Waals surface area contributed by atoms with Crippen molar-refractivity contribution in [1.29, 1.82) is 0 Å². The fraction of sp³-hybridized carbons (Fsp3) is 0.611. The Balaban J connectivity index is 1.64. The molecular formula is C18H26ClN3O2. The fourth-order valence-electron chi connectivity index (χ4n) is 3.72. The van der Waals surface area contributed by atoms with Crippen LogP contribution in [0.5, 0.6) is 0 Å². The molecule has 1 aromatic rings. The molecule has 2 amide bonds. The Kier molecular flexibility index (Phi) is 5.98. The van der Waals surface area contributed by atoms with Crippen LogP contribution in [0.25, 0.3) is 0 Å². The first-order valence-electron chi connectivity index (χ1n) is 8.79. The summed E-state index contributed by atoms with van der Waals surface area (Å²) in [7, 11) is 0. The molecule has 3 fully saturated rings. The first-order chi connectivity index (χ1) is 11.7. The molecule has 2 bridgehead atoms. The summed E-state index contributed by atoms with van der Waals surface area (Å²) in [5, 5.41) is 13.0. The maximum absolute atomic E-state index is 12.8. The Morgan fingerprint density at radius 2 is 2.08 bits per heavy atom. The van der Waals surface area contributed by atoms with Gasteiger partial charge in [-0.3, -0.25) is 0 Å². The van der Waals surface area contributed by atoms with Crippen LogP contribution in [0.15, 0.2) is 24.3 Å². The molecule has 24 heavy (non-hydrogen) atoms. The van der Waals surface area contributed by atoms with Crippen LogP contribution in [0.4, 0.5) is 4.79 Å². The molecule has 3 aliphatic heterocycles. The topological polar surface area (TPSA) is 55.8 Å². The molecule has 6 heteroatoms. The van der Waals surface area contributed by atoms with E-state index in [0.717, 1.165) is 25.2 Å². The lowest BCUT2D eigenvalue weighted by Crippen LogP contribution is -2.59. The number of nitrogens with zero attached hydrogens (tertiary/aromatic N) is 2. The van der Waals surface area contributed by atoms with E-state index in [1.54, 1.807) is 4.90 Å². The number of aliphatic hydroxyl groups is 1. The summed E-state index contributed by atoms with van der Waals surface area (Å²) in [6.07, 6.45) is 2.91. The van der Waals surface area contributed by atoms with E-state index < -0.39 is 0 Å². The summed E-state index contributed by atoms with van der Waals surface area (Å²) in [4.78, 5) is 17.0. The second-order valence-corrected chi connectivity index (χ2v) is 7.19. The van der Waals surface area contributed by atoms with Crippen molar-refractivity contribution in [2.75, 3.05) is 32.8 Å². The third kappa shape index (κ3) is 4.21. The van der Waals surface area contributed by atoms with Crippen LogP contribution in [-0.2, 0) is 6.54 Å². The summed E-state index contributed by atoms with van der Waals surface area (Å²) in [6.45, 7) is 4.33. The molecular weight excluding hydrogens is 326 g/mol. The van der Waals surface area contributed by atoms with Gasteiger partial charge in [0.2, 0.25) is 0 Å². The molecule has 3 heterocycles. The molecule has 1 atom stereocenters. The van der Waals surface area contributed by atoms with E-state index in [2.05, 4.69) is 10.2 Å². The van der Waals surface area contributed by atoms with Crippen LogP contribution in [-0.4, -0.2) is 59.8 Å². The minimum atomic E-state index is -0.0536. The van der Waals surface area contributed by atoms with Gasteiger partial charge in [0.25, 0.3) is 0 Å². The molecule has 1 aromatic carbocycles. The van der Waals surface area contributed by atoms with Crippen LogP contribution >= 0.6 is 11.6 Å². The lowest BCUT2D eigenvalue weighted by atomic mass is 9.84. The van der Waals surface area contributed by atoms with Crippen molar-refractivity contribution in [2.24, 2.45) is 5.92 Å². The number of hydrogen-bond donors (Lipinski definition) is 2. The van der Waals surface area contributed by atoms with E-state index in [1.807, 2.05) is 24.3 Å². The van der Waals surface area contributed by atoms with Crippen LogP contribution < -0.4 is 5.32 Å². The standard InChI is InChI=1S/C18H26ClN3O2/c19-16-5-2-1-4-15(16)12-22(8-3-11-23)18(24)20-17-13-21-9-6-14(17)7-10-21/h1-2,4-5,14,17,23H,3,6-13H2,(H,20,24)/t17-/m0/s1. The minimum Gasteiger partial charge on any atom is -0.396 e. The van der Waals surface area contributed by atoms with Gasteiger partial charge in [-0.05, 0) is 49.9 Å². The van der Waals surface area contributed by atoms with E-state index >= 15 is 0 Å². The van der Waals surface area contributed by atoms with Crippen LogP contribution in [0, 0.1) is 5.92 Å². The number of hydrogen-bond acceptors (Lipinski definition) is 3. The highest BCUT2D eigenvalue weighted by Crippen LogP contribution is 2.27. The molecule has 5 nitrogen and oxygen atoms in total. The Labute approximate surface area is 148 Å². The number of fused-ring (bicyclic) bond motifs is 3. The monoisotopic (exact) mass is 351 g/mol. The van der Waals surface area contributed by atoms with Gasteiger partial charge in [-0.15, -0.1) is 0 Å². The van der Waals surface area contributed by atoms with Gasteiger partial charge in [0.1, 0.15) is 0 Å². The van der Waals surface area contributed by atoms with Crippen LogP contribution in [0.1, 0.15) is 24.8 Å². The van der Waals surface area contributed by atoms with Gasteiger partial charge in [0.05, 0.1) is 0 Å². The lowest BCUT2D eigenvalue weighted by molar-refractivity contribution is 0.0724. The molecule has 0 radical (unpaired) electrons. The van der Waals surface area contributed by atoms with Crippen molar-refractivity contribution >= 4 is 17.6 Å². The molecule has 0 aliphatic carbocycles. The van der Waals surface area contributed by atoms with Crippen molar-refractivity contribution in [3.63, 3.8) is 0 Å². The summed E-state index contributed by atoms with van der Waals surface area (Å²) in [5.74, 6) is 0.596. The largest absolute Gasteiger partial charge is 0.396 e. The number of carbonyl (C=O) groups excluding carboxylic acids is 1. The number of halogens is 1. The predicted molar refractivity (Wildman–Crippen MR) is 95.0 cm³/mol. The maximum Gasteiger partial charge on any atom is 0.317 e. The second-order valence-electron chi connectivity index (χ2n) is 6.78. The maximum atomic E-state index is 12.8. The molecule has 0 spiro atoms. The normalized spacial score (nSPS) is 25.5. The third-order valence-electron chi connectivity index (χ3n) is 5.16. The summed E-state index contributed by atoms with van der Waals surface area (Å²) in [6, 6.07) is 7.78. The van der Waals surface area contributed by atoms with Gasteiger partial charge in [-0.2, -0.15) is 0 Å². The van der Waals surface area contributed by atoms with Crippen molar-refractivity contribution in [2.45, 2.75) is 31.8 Å². The number of amides is 2. The number of piperidine rings is 3. The van der Waals surface area contributed by atoms with E-state index in [1.165, 1.54) is 12.8 Å². The summed E-state index contributed by atoms with van der Waals surface area (Å²) >= 11 is 6.24. The zero-order chi connectivity index (χ0) is 16.9.